The zero-order valence-electron chi connectivity index (χ0n) is 16.1. The number of methoxy groups -OCH3 is 1. The molecular weight excluding hydrogens is 436 g/mol. The second-order valence-electron chi connectivity index (χ2n) is 6.15. The number of hydrogen-bond donors (Lipinski definition) is 2. The Morgan fingerprint density at radius 3 is 2.45 bits per heavy atom. The van der Waals surface area contributed by atoms with Crippen molar-refractivity contribution in [3.8, 4) is 16.9 Å². The third kappa shape index (κ3) is 4.80. The van der Waals surface area contributed by atoms with Crippen LogP contribution in [0.3, 0.4) is 0 Å². The summed E-state index contributed by atoms with van der Waals surface area (Å²) in [5, 5.41) is 11.4. The summed E-state index contributed by atoms with van der Waals surface area (Å²) in [5.74, 6) is -5.95. The third-order valence-electron chi connectivity index (χ3n) is 4.22. The van der Waals surface area contributed by atoms with E-state index in [9.17, 15) is 18.0 Å². The molecule has 31 heavy (non-hydrogen) atoms. The topological polar surface area (TPSA) is 71.5 Å². The van der Waals surface area contributed by atoms with Crippen molar-refractivity contribution in [3.05, 3.63) is 71.6 Å². The van der Waals surface area contributed by atoms with Gasteiger partial charge in [0.05, 0.1) is 42.3 Å². The number of nitrogens with one attached hydrogen (secondary N) is 1. The van der Waals surface area contributed by atoms with Gasteiger partial charge < -0.3 is 15.2 Å². The molecule has 1 aromatic heterocycles. The molecule has 0 aliphatic carbocycles. The number of hydrogen-bond acceptors (Lipinski definition) is 5. The van der Waals surface area contributed by atoms with E-state index in [1.54, 1.807) is 6.07 Å². The second-order valence-corrected chi connectivity index (χ2v) is 7.28. The number of thioether (sulfide) groups is 1. The molecule has 3 aromatic rings. The Balaban J connectivity index is 2.02. The van der Waals surface area contributed by atoms with E-state index in [0.717, 1.165) is 24.3 Å². The molecule has 0 bridgehead atoms. The van der Waals surface area contributed by atoms with E-state index in [2.05, 4.69) is 10.3 Å². The number of aliphatic hydroxyl groups excluding tert-OH is 1. The molecule has 0 radical (unpaired) electrons. The molecule has 0 saturated carbocycles. The maximum Gasteiger partial charge on any atom is 0.258 e. The fraction of sp³-hybridized carbons (Fsp3) is 0.143. The maximum absolute atomic E-state index is 15.1. The summed E-state index contributed by atoms with van der Waals surface area (Å²) in [6, 6.07) is 4.78. The first kappa shape index (κ1) is 22.6. The first-order valence-electron chi connectivity index (χ1n) is 8.87. The molecule has 0 spiro atoms. The summed E-state index contributed by atoms with van der Waals surface area (Å²) in [7, 11) is 1.19. The molecule has 5 nitrogen and oxygen atoms in total. The van der Waals surface area contributed by atoms with Crippen molar-refractivity contribution in [1.29, 1.82) is 0 Å². The zero-order chi connectivity index (χ0) is 22.5. The second kappa shape index (κ2) is 9.80. The van der Waals surface area contributed by atoms with E-state index in [1.165, 1.54) is 31.3 Å². The Kier molecular flexibility index (Phi) is 7.13. The van der Waals surface area contributed by atoms with E-state index in [1.807, 2.05) is 0 Å². The van der Waals surface area contributed by atoms with Crippen molar-refractivity contribution < 1.29 is 32.2 Å². The highest BCUT2D eigenvalue weighted by Crippen LogP contribution is 2.35. The van der Waals surface area contributed by atoms with Gasteiger partial charge in [-0.05, 0) is 18.2 Å². The number of ether oxygens (including phenoxy) is 1. The Labute approximate surface area is 179 Å². The van der Waals surface area contributed by atoms with Crippen LogP contribution in [0.5, 0.6) is 5.75 Å². The largest absolute Gasteiger partial charge is 0.497 e. The molecule has 0 fully saturated rings. The summed E-state index contributed by atoms with van der Waals surface area (Å²) < 4.78 is 63.0. The summed E-state index contributed by atoms with van der Waals surface area (Å²) in [6.07, 6.45) is 2.80. The molecule has 1 heterocycles. The van der Waals surface area contributed by atoms with Crippen molar-refractivity contribution in [2.75, 3.05) is 24.8 Å². The normalized spacial score (nSPS) is 10.8. The lowest BCUT2D eigenvalue weighted by atomic mass is 9.99. The van der Waals surface area contributed by atoms with Crippen LogP contribution >= 0.6 is 11.8 Å². The number of nitrogens with zero attached hydrogens (tertiary/aromatic N) is 1. The molecule has 0 unspecified atom stereocenters. The molecule has 162 valence electrons. The van der Waals surface area contributed by atoms with Crippen LogP contribution in [-0.2, 0) is 0 Å². The van der Waals surface area contributed by atoms with Gasteiger partial charge in [-0.1, -0.05) is 0 Å². The fourth-order valence-electron chi connectivity index (χ4n) is 2.81. The van der Waals surface area contributed by atoms with Gasteiger partial charge in [0.2, 0.25) is 0 Å². The molecule has 0 atom stereocenters. The van der Waals surface area contributed by atoms with Crippen LogP contribution in [0.2, 0.25) is 0 Å². The van der Waals surface area contributed by atoms with Gasteiger partial charge in [-0.2, -0.15) is 0 Å². The predicted octanol–water partition coefficient (Wildman–Crippen LogP) is 4.65. The number of halogens is 4. The highest BCUT2D eigenvalue weighted by Gasteiger charge is 2.25. The summed E-state index contributed by atoms with van der Waals surface area (Å²) in [6.45, 7) is -0.102. The number of aliphatic hydroxyl groups is 1. The van der Waals surface area contributed by atoms with Crippen LogP contribution in [0.1, 0.15) is 10.4 Å². The van der Waals surface area contributed by atoms with Gasteiger partial charge >= 0.3 is 0 Å². The number of anilines is 1. The van der Waals surface area contributed by atoms with Crippen LogP contribution in [0.15, 0.2) is 47.6 Å². The third-order valence-corrected chi connectivity index (χ3v) is 5.27. The van der Waals surface area contributed by atoms with Gasteiger partial charge in [0.25, 0.3) is 5.91 Å². The minimum absolute atomic E-state index is 0.102. The van der Waals surface area contributed by atoms with Gasteiger partial charge in [0.15, 0.2) is 0 Å². The number of amides is 1. The average molecular weight is 452 g/mol. The van der Waals surface area contributed by atoms with Crippen LogP contribution in [-0.4, -0.2) is 35.5 Å². The predicted molar refractivity (Wildman–Crippen MR) is 108 cm³/mol. The van der Waals surface area contributed by atoms with Crippen LogP contribution < -0.4 is 10.1 Å². The first-order valence-corrected chi connectivity index (χ1v) is 9.86. The smallest absolute Gasteiger partial charge is 0.258 e. The zero-order valence-corrected chi connectivity index (χ0v) is 16.9. The van der Waals surface area contributed by atoms with E-state index >= 15 is 4.39 Å². The van der Waals surface area contributed by atoms with Crippen molar-refractivity contribution in [2.45, 2.75) is 4.90 Å². The van der Waals surface area contributed by atoms with E-state index in [4.69, 9.17) is 9.84 Å². The molecule has 1 amide bonds. The quantitative estimate of drug-likeness (QED) is 0.403. The SMILES string of the molecule is COc1cc(F)c(-c2c(F)ccc(C(=O)Nc3cnccc3SCCO)c2F)c(F)c1. The summed E-state index contributed by atoms with van der Waals surface area (Å²) >= 11 is 1.23. The fourth-order valence-corrected chi connectivity index (χ4v) is 3.54. The Bertz CT molecular complexity index is 1100. The molecular formula is C21H16F4N2O3S. The molecule has 0 saturated heterocycles. The molecule has 0 aliphatic heterocycles. The van der Waals surface area contributed by atoms with Gasteiger partial charge in [-0.15, -0.1) is 11.8 Å². The Hall–Kier alpha value is -3.11. The monoisotopic (exact) mass is 452 g/mol. The number of benzene rings is 2. The molecule has 3 rings (SSSR count). The molecule has 2 N–H and O–H groups in total. The lowest BCUT2D eigenvalue weighted by Crippen LogP contribution is -2.16. The average Bonchev–Trinajstić information content (AvgIpc) is 2.74. The van der Waals surface area contributed by atoms with E-state index < -0.39 is 45.9 Å². The standard InChI is InChI=1S/C21H16F4N2O3S/c1-30-11-8-14(23)18(15(24)9-11)19-13(22)3-2-12(20(19)25)21(29)27-16-10-26-5-4-17(16)31-7-6-28/h2-5,8-10,28H,6-7H2,1H3,(H,27,29). The summed E-state index contributed by atoms with van der Waals surface area (Å²) in [4.78, 5) is 17.1. The number of rotatable bonds is 7. The van der Waals surface area contributed by atoms with Gasteiger partial charge in [0.1, 0.15) is 29.0 Å². The number of carbonyl (C=O) groups excluding carboxylic acids is 1. The van der Waals surface area contributed by atoms with E-state index in [0.29, 0.717) is 10.6 Å². The van der Waals surface area contributed by atoms with Crippen LogP contribution in [0.4, 0.5) is 23.2 Å². The molecule has 10 heteroatoms. The first-order chi connectivity index (χ1) is 14.9. The minimum Gasteiger partial charge on any atom is -0.497 e. The van der Waals surface area contributed by atoms with Gasteiger partial charge in [0, 0.05) is 29.0 Å². The van der Waals surface area contributed by atoms with Crippen LogP contribution in [0, 0.1) is 23.3 Å². The molecule has 0 aliphatic rings. The highest BCUT2D eigenvalue weighted by molar-refractivity contribution is 7.99. The highest BCUT2D eigenvalue weighted by atomic mass is 32.2. The maximum atomic E-state index is 15.1. The van der Waals surface area contributed by atoms with Crippen LogP contribution in [0.25, 0.3) is 11.1 Å². The van der Waals surface area contributed by atoms with Crippen molar-refractivity contribution in [1.82, 2.24) is 4.98 Å². The Morgan fingerprint density at radius 1 is 1.10 bits per heavy atom. The van der Waals surface area contributed by atoms with Crippen molar-refractivity contribution in [3.63, 3.8) is 0 Å². The van der Waals surface area contributed by atoms with Gasteiger partial charge in [-0.25, -0.2) is 17.6 Å². The number of carbonyl (C=O) groups is 1. The molecule has 2 aromatic carbocycles. The summed E-state index contributed by atoms with van der Waals surface area (Å²) in [5.41, 5.74) is -2.34. The minimum atomic E-state index is -1.42. The van der Waals surface area contributed by atoms with Crippen molar-refractivity contribution >= 4 is 23.4 Å². The van der Waals surface area contributed by atoms with Gasteiger partial charge in [-0.3, -0.25) is 9.78 Å². The van der Waals surface area contributed by atoms with E-state index in [-0.39, 0.29) is 18.0 Å². The lowest BCUT2D eigenvalue weighted by Gasteiger charge is -2.14. The van der Waals surface area contributed by atoms with Crippen molar-refractivity contribution in [2.24, 2.45) is 0 Å². The lowest BCUT2D eigenvalue weighted by molar-refractivity contribution is 0.102. The number of aromatic nitrogens is 1. The Morgan fingerprint density at radius 2 is 1.81 bits per heavy atom. The number of pyridine rings is 1.